The van der Waals surface area contributed by atoms with Crippen molar-refractivity contribution in [2.24, 2.45) is 0 Å². The van der Waals surface area contributed by atoms with Crippen LogP contribution in [0.15, 0.2) is 35.4 Å². The van der Waals surface area contributed by atoms with Crippen LogP contribution in [0, 0.1) is 0 Å². The number of pyridine rings is 1. The van der Waals surface area contributed by atoms with Gasteiger partial charge in [-0.05, 0) is 25.0 Å². The van der Waals surface area contributed by atoms with E-state index in [4.69, 9.17) is 4.74 Å². The molecule has 1 aliphatic carbocycles. The quantitative estimate of drug-likeness (QED) is 0.857. The molecule has 0 saturated heterocycles. The van der Waals surface area contributed by atoms with Crippen LogP contribution < -0.4 is 10.9 Å². The molecule has 2 aromatic rings. The summed E-state index contributed by atoms with van der Waals surface area (Å²) in [5.74, 6) is -1.07. The maximum Gasteiger partial charge on any atom is 0.331 e. The maximum absolute atomic E-state index is 12.6. The highest BCUT2D eigenvalue weighted by molar-refractivity contribution is 5.97. The molecule has 7 nitrogen and oxygen atoms in total. The summed E-state index contributed by atoms with van der Waals surface area (Å²) in [7, 11) is 1.30. The number of carbonyl (C=O) groups is 2. The standard InChI is InChI=1S/C17H19N3O4/c1-24-16(23)17(8-4-2-5-9-17)19-14(21)12-11-18-13-7-3-6-10-20(13)15(12)22/h3,6-7,10-11H,2,4-5,8-9H2,1H3,(H,19,21). The molecule has 3 rings (SSSR count). The fourth-order valence-electron chi connectivity index (χ4n) is 3.20. The number of aromatic nitrogens is 2. The minimum atomic E-state index is -1.06. The Labute approximate surface area is 138 Å². The maximum atomic E-state index is 12.6. The zero-order valence-electron chi connectivity index (χ0n) is 13.4. The summed E-state index contributed by atoms with van der Waals surface area (Å²) in [4.78, 5) is 41.5. The second-order valence-electron chi connectivity index (χ2n) is 5.99. The van der Waals surface area contributed by atoms with E-state index in [-0.39, 0.29) is 5.56 Å². The highest BCUT2D eigenvalue weighted by atomic mass is 16.5. The lowest BCUT2D eigenvalue weighted by molar-refractivity contribution is -0.149. The molecular weight excluding hydrogens is 310 g/mol. The number of ether oxygens (including phenoxy) is 1. The molecule has 1 aliphatic rings. The summed E-state index contributed by atoms with van der Waals surface area (Å²) in [6.45, 7) is 0. The number of rotatable bonds is 3. The lowest BCUT2D eigenvalue weighted by Crippen LogP contribution is -2.56. The highest BCUT2D eigenvalue weighted by Crippen LogP contribution is 2.29. The van der Waals surface area contributed by atoms with E-state index in [0.29, 0.717) is 18.5 Å². The van der Waals surface area contributed by atoms with Gasteiger partial charge in [-0.3, -0.25) is 14.0 Å². The first kappa shape index (κ1) is 16.2. The van der Waals surface area contributed by atoms with E-state index in [1.807, 2.05) is 0 Å². The van der Waals surface area contributed by atoms with Crippen molar-refractivity contribution in [2.75, 3.05) is 7.11 Å². The summed E-state index contributed by atoms with van der Waals surface area (Å²) >= 11 is 0. The third kappa shape index (κ3) is 2.77. The molecular formula is C17H19N3O4. The molecule has 7 heteroatoms. The number of nitrogens with zero attached hydrogens (tertiary/aromatic N) is 2. The van der Waals surface area contributed by atoms with Gasteiger partial charge in [0.05, 0.1) is 7.11 Å². The molecule has 1 amide bonds. The molecule has 0 unspecified atom stereocenters. The van der Waals surface area contributed by atoms with E-state index in [0.717, 1.165) is 19.3 Å². The largest absolute Gasteiger partial charge is 0.467 e. The van der Waals surface area contributed by atoms with E-state index in [9.17, 15) is 14.4 Å². The van der Waals surface area contributed by atoms with Gasteiger partial charge in [-0.15, -0.1) is 0 Å². The summed E-state index contributed by atoms with van der Waals surface area (Å²) in [5, 5.41) is 2.74. The number of hydrogen-bond acceptors (Lipinski definition) is 5. The summed E-state index contributed by atoms with van der Waals surface area (Å²) < 4.78 is 6.18. The Morgan fingerprint density at radius 2 is 2.00 bits per heavy atom. The first-order valence-electron chi connectivity index (χ1n) is 7.95. The molecule has 0 spiro atoms. The van der Waals surface area contributed by atoms with Gasteiger partial charge in [-0.1, -0.05) is 25.3 Å². The molecule has 0 radical (unpaired) electrons. The van der Waals surface area contributed by atoms with Crippen molar-refractivity contribution in [3.05, 3.63) is 46.5 Å². The van der Waals surface area contributed by atoms with Gasteiger partial charge >= 0.3 is 5.97 Å². The third-order valence-corrected chi connectivity index (χ3v) is 4.49. The number of methoxy groups -OCH3 is 1. The molecule has 0 atom stereocenters. The van der Waals surface area contributed by atoms with Crippen molar-refractivity contribution in [1.82, 2.24) is 14.7 Å². The Kier molecular flexibility index (Phi) is 4.33. The number of nitrogens with one attached hydrogen (secondary N) is 1. The van der Waals surface area contributed by atoms with E-state index in [2.05, 4.69) is 10.3 Å². The van der Waals surface area contributed by atoms with Crippen molar-refractivity contribution < 1.29 is 14.3 Å². The second kappa shape index (κ2) is 6.43. The van der Waals surface area contributed by atoms with Crippen LogP contribution in [0.4, 0.5) is 0 Å². The molecule has 126 valence electrons. The Morgan fingerprint density at radius 3 is 2.71 bits per heavy atom. The number of carbonyl (C=O) groups excluding carboxylic acids is 2. The van der Waals surface area contributed by atoms with Crippen LogP contribution in [-0.4, -0.2) is 33.9 Å². The first-order chi connectivity index (χ1) is 11.6. The van der Waals surface area contributed by atoms with Crippen LogP contribution >= 0.6 is 0 Å². The molecule has 2 heterocycles. The van der Waals surface area contributed by atoms with Crippen molar-refractivity contribution >= 4 is 17.5 Å². The molecule has 2 aromatic heterocycles. The lowest BCUT2D eigenvalue weighted by atomic mass is 9.81. The topological polar surface area (TPSA) is 89.8 Å². The van der Waals surface area contributed by atoms with Crippen LogP contribution in [-0.2, 0) is 9.53 Å². The van der Waals surface area contributed by atoms with Gasteiger partial charge in [0.25, 0.3) is 11.5 Å². The number of amides is 1. The molecule has 0 bridgehead atoms. The minimum Gasteiger partial charge on any atom is -0.467 e. The zero-order chi connectivity index (χ0) is 17.2. The van der Waals surface area contributed by atoms with Crippen molar-refractivity contribution in [2.45, 2.75) is 37.6 Å². The minimum absolute atomic E-state index is 0.0902. The van der Waals surface area contributed by atoms with E-state index in [1.165, 1.54) is 17.7 Å². The zero-order valence-corrected chi connectivity index (χ0v) is 13.4. The fraction of sp³-hybridized carbons (Fsp3) is 0.412. The predicted octanol–water partition coefficient (Wildman–Crippen LogP) is 1.30. The Bertz CT molecular complexity index is 837. The van der Waals surface area contributed by atoms with Crippen LogP contribution in [0.25, 0.3) is 5.65 Å². The second-order valence-corrected chi connectivity index (χ2v) is 5.99. The number of fused-ring (bicyclic) bond motifs is 1. The molecule has 1 fully saturated rings. The highest BCUT2D eigenvalue weighted by Gasteiger charge is 2.42. The smallest absolute Gasteiger partial charge is 0.331 e. The molecule has 0 aliphatic heterocycles. The number of esters is 1. The van der Waals surface area contributed by atoms with Gasteiger partial charge in [0.15, 0.2) is 0 Å². The van der Waals surface area contributed by atoms with Crippen LogP contribution in [0.1, 0.15) is 42.5 Å². The third-order valence-electron chi connectivity index (χ3n) is 4.49. The van der Waals surface area contributed by atoms with Gasteiger partial charge in [0, 0.05) is 12.4 Å². The van der Waals surface area contributed by atoms with E-state index in [1.54, 1.807) is 24.4 Å². The number of hydrogen-bond donors (Lipinski definition) is 1. The Morgan fingerprint density at radius 1 is 1.25 bits per heavy atom. The van der Waals surface area contributed by atoms with Gasteiger partial charge in [-0.2, -0.15) is 0 Å². The van der Waals surface area contributed by atoms with Crippen LogP contribution in [0.3, 0.4) is 0 Å². The molecule has 1 saturated carbocycles. The predicted molar refractivity (Wildman–Crippen MR) is 86.8 cm³/mol. The lowest BCUT2D eigenvalue weighted by Gasteiger charge is -2.35. The Hall–Kier alpha value is -2.70. The summed E-state index contributed by atoms with van der Waals surface area (Å²) in [6.07, 6.45) is 6.48. The van der Waals surface area contributed by atoms with Crippen LogP contribution in [0.5, 0.6) is 0 Å². The van der Waals surface area contributed by atoms with Gasteiger partial charge < -0.3 is 10.1 Å². The average molecular weight is 329 g/mol. The van der Waals surface area contributed by atoms with Crippen molar-refractivity contribution in [3.63, 3.8) is 0 Å². The van der Waals surface area contributed by atoms with Gasteiger partial charge in [0.1, 0.15) is 16.7 Å². The monoisotopic (exact) mass is 329 g/mol. The van der Waals surface area contributed by atoms with Crippen molar-refractivity contribution in [3.8, 4) is 0 Å². The van der Waals surface area contributed by atoms with E-state index >= 15 is 0 Å². The van der Waals surface area contributed by atoms with E-state index < -0.39 is 23.0 Å². The first-order valence-corrected chi connectivity index (χ1v) is 7.95. The molecule has 24 heavy (non-hydrogen) atoms. The summed E-state index contributed by atoms with van der Waals surface area (Å²) in [5.41, 5.74) is -1.16. The SMILES string of the molecule is COC(=O)C1(NC(=O)c2cnc3ccccn3c2=O)CCCCC1. The molecule has 1 N–H and O–H groups in total. The average Bonchev–Trinajstić information content (AvgIpc) is 2.62. The summed E-state index contributed by atoms with van der Waals surface area (Å²) in [6, 6.07) is 5.13. The van der Waals surface area contributed by atoms with Gasteiger partial charge in [0.2, 0.25) is 0 Å². The van der Waals surface area contributed by atoms with Gasteiger partial charge in [-0.25, -0.2) is 9.78 Å². The normalized spacial score (nSPS) is 16.5. The fourth-order valence-corrected chi connectivity index (χ4v) is 3.20. The van der Waals surface area contributed by atoms with Crippen LogP contribution in [0.2, 0.25) is 0 Å². The Balaban J connectivity index is 1.95. The molecule has 0 aromatic carbocycles. The van der Waals surface area contributed by atoms with Crippen molar-refractivity contribution in [1.29, 1.82) is 0 Å².